The number of aromatic carboxylic acids is 1. The molecular formula is C21H20N6O6. The number of hydrogen-bond donors (Lipinski definition) is 4. The van der Waals surface area contributed by atoms with Crippen molar-refractivity contribution in [2.45, 2.75) is 31.7 Å². The molecule has 0 unspecified atom stereocenters. The van der Waals surface area contributed by atoms with Crippen LogP contribution in [-0.4, -0.2) is 53.7 Å². The molecule has 0 spiro atoms. The first-order valence-corrected chi connectivity index (χ1v) is 10.1. The van der Waals surface area contributed by atoms with Crippen LogP contribution in [0.3, 0.4) is 0 Å². The average Bonchev–Trinajstić information content (AvgIpc) is 3.32. The van der Waals surface area contributed by atoms with Gasteiger partial charge in [-0.3, -0.25) is 19.1 Å². The van der Waals surface area contributed by atoms with Crippen molar-refractivity contribution in [1.29, 1.82) is 0 Å². The summed E-state index contributed by atoms with van der Waals surface area (Å²) in [7, 11) is 1.58. The van der Waals surface area contributed by atoms with Crippen LogP contribution in [0.2, 0.25) is 0 Å². The van der Waals surface area contributed by atoms with E-state index in [0.717, 1.165) is 11.1 Å². The molecule has 1 atom stereocenters. The van der Waals surface area contributed by atoms with Crippen molar-refractivity contribution in [1.82, 2.24) is 25.1 Å². The molecule has 4 rings (SSSR count). The number of carbonyl (C=O) groups excluding carboxylic acids is 2. The van der Waals surface area contributed by atoms with E-state index in [1.165, 1.54) is 17.1 Å². The van der Waals surface area contributed by atoms with Crippen molar-refractivity contribution in [3.05, 3.63) is 46.9 Å². The monoisotopic (exact) mass is 452 g/mol. The van der Waals surface area contributed by atoms with Gasteiger partial charge < -0.3 is 20.8 Å². The van der Waals surface area contributed by atoms with Gasteiger partial charge in [0.25, 0.3) is 5.91 Å². The highest BCUT2D eigenvalue weighted by molar-refractivity contribution is 6.07. The Morgan fingerprint density at radius 2 is 1.94 bits per heavy atom. The number of aromatic nitrogens is 4. The summed E-state index contributed by atoms with van der Waals surface area (Å²) in [6.07, 6.45) is 1.90. The lowest BCUT2D eigenvalue weighted by Crippen LogP contribution is -2.28. The number of carboxylic acid groups (broad SMARTS) is 2. The Kier molecular flexibility index (Phi) is 5.73. The van der Waals surface area contributed by atoms with E-state index < -0.39 is 23.8 Å². The largest absolute Gasteiger partial charge is 0.481 e. The number of carboxylic acids is 2. The molecule has 4 N–H and O–H groups in total. The molecule has 2 heterocycles. The Labute approximate surface area is 186 Å². The molecule has 0 aliphatic heterocycles. The topological polar surface area (TPSA) is 176 Å². The van der Waals surface area contributed by atoms with Crippen LogP contribution in [-0.2, 0) is 23.1 Å². The van der Waals surface area contributed by atoms with E-state index >= 15 is 0 Å². The van der Waals surface area contributed by atoms with Crippen LogP contribution in [0.1, 0.15) is 57.3 Å². The molecular weight excluding hydrogens is 432 g/mol. The molecule has 170 valence electrons. The van der Waals surface area contributed by atoms with Crippen molar-refractivity contribution >= 4 is 40.6 Å². The highest BCUT2D eigenvalue weighted by Crippen LogP contribution is 2.32. The summed E-state index contributed by atoms with van der Waals surface area (Å²) in [5.74, 6) is -2.99. The van der Waals surface area contributed by atoms with Crippen molar-refractivity contribution in [2.24, 2.45) is 7.05 Å². The van der Waals surface area contributed by atoms with Gasteiger partial charge in [-0.1, -0.05) is 6.07 Å². The molecule has 0 saturated heterocycles. The molecule has 12 heteroatoms. The Hall–Kier alpha value is -4.35. The number of anilines is 1. The van der Waals surface area contributed by atoms with Gasteiger partial charge in [-0.25, -0.2) is 14.8 Å². The van der Waals surface area contributed by atoms with Gasteiger partial charge in [-0.2, -0.15) is 5.10 Å². The second-order valence-electron chi connectivity index (χ2n) is 7.62. The number of nitrogens with one attached hydrogen (secondary N) is 2. The van der Waals surface area contributed by atoms with E-state index in [1.54, 1.807) is 19.2 Å². The number of aliphatic carboxylic acids is 1. The molecule has 0 fully saturated rings. The molecule has 1 aliphatic carbocycles. The molecule has 12 nitrogen and oxygen atoms in total. The third kappa shape index (κ3) is 4.35. The lowest BCUT2D eigenvalue weighted by atomic mass is 10.0. The zero-order chi connectivity index (χ0) is 23.7. The predicted molar refractivity (Wildman–Crippen MR) is 114 cm³/mol. The van der Waals surface area contributed by atoms with E-state index in [2.05, 4.69) is 25.7 Å². The fourth-order valence-electron chi connectivity index (χ4n) is 3.90. The molecule has 2 amide bonds. The molecule has 2 aromatic heterocycles. The highest BCUT2D eigenvalue weighted by Gasteiger charge is 2.27. The van der Waals surface area contributed by atoms with Crippen LogP contribution in [0, 0.1) is 0 Å². The summed E-state index contributed by atoms with van der Waals surface area (Å²) in [5.41, 5.74) is 2.56. The third-order valence-electron chi connectivity index (χ3n) is 5.43. The summed E-state index contributed by atoms with van der Waals surface area (Å²) in [4.78, 5) is 55.2. The minimum Gasteiger partial charge on any atom is -0.481 e. The van der Waals surface area contributed by atoms with Crippen LogP contribution < -0.4 is 10.6 Å². The number of amides is 2. The predicted octanol–water partition coefficient (Wildman–Crippen LogP) is 1.28. The number of benzene rings is 1. The zero-order valence-electron chi connectivity index (χ0n) is 17.5. The van der Waals surface area contributed by atoms with Crippen molar-refractivity contribution in [2.75, 3.05) is 5.32 Å². The molecule has 0 saturated carbocycles. The number of nitrogens with zero attached hydrogens (tertiary/aromatic N) is 4. The van der Waals surface area contributed by atoms with Gasteiger partial charge in [0, 0.05) is 13.5 Å². The minimum absolute atomic E-state index is 0.0663. The quantitative estimate of drug-likeness (QED) is 0.411. The second-order valence-corrected chi connectivity index (χ2v) is 7.62. The van der Waals surface area contributed by atoms with E-state index in [1.807, 2.05) is 0 Å². The lowest BCUT2D eigenvalue weighted by Gasteiger charge is -2.14. The Balaban J connectivity index is 1.56. The summed E-state index contributed by atoms with van der Waals surface area (Å²) >= 11 is 0. The van der Waals surface area contributed by atoms with Crippen LogP contribution in [0.15, 0.2) is 24.5 Å². The van der Waals surface area contributed by atoms with Crippen LogP contribution in [0.4, 0.5) is 5.82 Å². The maximum atomic E-state index is 13.1. The molecule has 33 heavy (non-hydrogen) atoms. The first-order chi connectivity index (χ1) is 15.7. The molecule has 1 aliphatic rings. The zero-order valence-corrected chi connectivity index (χ0v) is 17.5. The molecule has 3 aromatic rings. The van der Waals surface area contributed by atoms with E-state index in [0.29, 0.717) is 18.4 Å². The van der Waals surface area contributed by atoms with Crippen molar-refractivity contribution in [3.63, 3.8) is 0 Å². The SMILES string of the molecule is Cn1nc(NC(=O)CCC(=O)O)c2ncnc(C(=O)N[C@H]3CCc4cc(C(=O)O)ccc43)c21. The number of fused-ring (bicyclic) bond motifs is 2. The highest BCUT2D eigenvalue weighted by atomic mass is 16.4. The Morgan fingerprint density at radius 1 is 1.15 bits per heavy atom. The maximum absolute atomic E-state index is 13.1. The van der Waals surface area contributed by atoms with Gasteiger partial charge in [0.15, 0.2) is 11.5 Å². The summed E-state index contributed by atoms with van der Waals surface area (Å²) in [6.45, 7) is 0. The molecule has 0 bridgehead atoms. The van der Waals surface area contributed by atoms with Gasteiger partial charge in [0.1, 0.15) is 17.4 Å². The number of carbonyl (C=O) groups is 4. The van der Waals surface area contributed by atoms with Crippen molar-refractivity contribution < 1.29 is 29.4 Å². The first-order valence-electron chi connectivity index (χ1n) is 10.1. The van der Waals surface area contributed by atoms with Gasteiger partial charge in [-0.15, -0.1) is 0 Å². The van der Waals surface area contributed by atoms with Gasteiger partial charge in [-0.05, 0) is 36.1 Å². The minimum atomic E-state index is -1.09. The summed E-state index contributed by atoms with van der Waals surface area (Å²) in [5, 5.41) is 27.5. The Morgan fingerprint density at radius 3 is 2.67 bits per heavy atom. The average molecular weight is 452 g/mol. The molecule has 0 radical (unpaired) electrons. The van der Waals surface area contributed by atoms with E-state index in [-0.39, 0.29) is 41.5 Å². The smallest absolute Gasteiger partial charge is 0.335 e. The van der Waals surface area contributed by atoms with Gasteiger partial charge >= 0.3 is 11.9 Å². The summed E-state index contributed by atoms with van der Waals surface area (Å²) in [6, 6.07) is 4.53. The van der Waals surface area contributed by atoms with Gasteiger partial charge in [0.05, 0.1) is 18.0 Å². The molecule has 1 aromatic carbocycles. The second kappa shape index (κ2) is 8.65. The number of rotatable bonds is 7. The lowest BCUT2D eigenvalue weighted by molar-refractivity contribution is -0.138. The third-order valence-corrected chi connectivity index (χ3v) is 5.43. The van der Waals surface area contributed by atoms with E-state index in [4.69, 9.17) is 10.2 Å². The fraction of sp³-hybridized carbons (Fsp3) is 0.286. The van der Waals surface area contributed by atoms with Crippen molar-refractivity contribution in [3.8, 4) is 0 Å². The Bertz CT molecular complexity index is 1300. The number of hydrogen-bond acceptors (Lipinski definition) is 7. The first kappa shape index (κ1) is 21.9. The summed E-state index contributed by atoms with van der Waals surface area (Å²) < 4.78 is 1.37. The van der Waals surface area contributed by atoms with Crippen LogP contribution in [0.5, 0.6) is 0 Å². The number of aryl methyl sites for hydroxylation is 2. The maximum Gasteiger partial charge on any atom is 0.335 e. The van der Waals surface area contributed by atoms with Crippen LogP contribution >= 0.6 is 0 Å². The fourth-order valence-corrected chi connectivity index (χ4v) is 3.90. The standard InChI is InChI=1S/C21H20N6O6/c1-27-18-16(19(26-27)25-14(28)6-7-15(29)30)22-9-23-17(18)20(31)24-13-5-3-10-8-11(21(32)33)2-4-12(10)13/h2,4,8-9,13H,3,5-7H2,1H3,(H,24,31)(H,29,30)(H,32,33)(H,25,26,28)/t13-/m0/s1. The van der Waals surface area contributed by atoms with Gasteiger partial charge in [0.2, 0.25) is 5.91 Å². The van der Waals surface area contributed by atoms with Crippen LogP contribution in [0.25, 0.3) is 11.0 Å². The normalized spacial score (nSPS) is 14.6. The van der Waals surface area contributed by atoms with E-state index in [9.17, 15) is 19.2 Å².